The van der Waals surface area contributed by atoms with Gasteiger partial charge in [0.25, 0.3) is 5.91 Å². The van der Waals surface area contributed by atoms with E-state index >= 15 is 0 Å². The van der Waals surface area contributed by atoms with Gasteiger partial charge in [-0.15, -0.1) is 0 Å². The van der Waals surface area contributed by atoms with E-state index in [0.29, 0.717) is 10.9 Å². The number of hydrogen-bond acceptors (Lipinski definition) is 2. The third-order valence-corrected chi connectivity index (χ3v) is 2.70. The summed E-state index contributed by atoms with van der Waals surface area (Å²) in [5, 5.41) is 8.73. The summed E-state index contributed by atoms with van der Waals surface area (Å²) in [5.74, 6) is -0.836. The Balaban J connectivity index is 2.27. The van der Waals surface area contributed by atoms with E-state index in [4.69, 9.17) is 0 Å². The number of rotatable bonds is 3. The normalized spacial score (nSPS) is 11.8. The minimum atomic E-state index is -4.43. The smallest absolute Gasteiger partial charge is 0.342 e. The number of fused-ring (bicyclic) bond motifs is 1. The van der Waals surface area contributed by atoms with Gasteiger partial charge in [0.1, 0.15) is 6.54 Å². The van der Waals surface area contributed by atoms with Gasteiger partial charge < -0.3 is 5.32 Å². The molecular weight excluding hydrogens is 259 g/mol. The fraction of sp³-hybridized carbons (Fsp3) is 0.333. The lowest BCUT2D eigenvalue weighted by Crippen LogP contribution is -2.34. The summed E-state index contributed by atoms with van der Waals surface area (Å²) in [4.78, 5) is 11.7. The van der Waals surface area contributed by atoms with Gasteiger partial charge in [-0.2, -0.15) is 18.3 Å². The van der Waals surface area contributed by atoms with E-state index in [1.54, 1.807) is 12.1 Å². The first-order valence-corrected chi connectivity index (χ1v) is 5.72. The number of carbonyl (C=O) groups is 1. The van der Waals surface area contributed by atoms with E-state index < -0.39 is 18.6 Å². The summed E-state index contributed by atoms with van der Waals surface area (Å²) in [5.41, 5.74) is 1.59. The number of hydrogen-bond donors (Lipinski definition) is 2. The number of nitrogens with one attached hydrogen (secondary N) is 2. The van der Waals surface area contributed by atoms with Crippen molar-refractivity contribution in [3.63, 3.8) is 0 Å². The van der Waals surface area contributed by atoms with Crippen LogP contribution in [0.4, 0.5) is 13.2 Å². The van der Waals surface area contributed by atoms with Crippen molar-refractivity contribution in [1.82, 2.24) is 15.5 Å². The number of H-pyrrole nitrogens is 1. The highest BCUT2D eigenvalue weighted by atomic mass is 19.4. The van der Waals surface area contributed by atoms with Crippen molar-refractivity contribution in [2.24, 2.45) is 0 Å². The van der Waals surface area contributed by atoms with Crippen molar-refractivity contribution in [2.75, 3.05) is 6.54 Å². The first-order valence-electron chi connectivity index (χ1n) is 5.72. The third kappa shape index (κ3) is 3.04. The molecule has 0 saturated carbocycles. The molecule has 2 N–H and O–H groups in total. The van der Waals surface area contributed by atoms with E-state index in [1.807, 2.05) is 18.3 Å². The van der Waals surface area contributed by atoms with Crippen molar-refractivity contribution in [3.05, 3.63) is 29.5 Å². The van der Waals surface area contributed by atoms with Crippen molar-refractivity contribution < 1.29 is 18.0 Å². The van der Waals surface area contributed by atoms with E-state index in [9.17, 15) is 18.0 Å². The molecule has 19 heavy (non-hydrogen) atoms. The second-order valence-corrected chi connectivity index (χ2v) is 4.10. The number of benzene rings is 1. The monoisotopic (exact) mass is 271 g/mol. The third-order valence-electron chi connectivity index (χ3n) is 2.70. The van der Waals surface area contributed by atoms with Crippen LogP contribution in [-0.2, 0) is 6.42 Å². The highest BCUT2D eigenvalue weighted by Crippen LogP contribution is 2.19. The Morgan fingerprint density at radius 3 is 2.79 bits per heavy atom. The summed E-state index contributed by atoms with van der Waals surface area (Å²) in [6, 6.07) is 5.38. The van der Waals surface area contributed by atoms with Crippen LogP contribution < -0.4 is 5.32 Å². The molecule has 4 nitrogen and oxygen atoms in total. The Morgan fingerprint density at radius 2 is 2.16 bits per heavy atom. The fourth-order valence-electron chi connectivity index (χ4n) is 1.72. The lowest BCUT2D eigenvalue weighted by atomic mass is 10.1. The summed E-state index contributed by atoms with van der Waals surface area (Å²) >= 11 is 0. The molecule has 0 bridgehead atoms. The molecule has 0 atom stereocenters. The highest BCUT2D eigenvalue weighted by molar-refractivity contribution is 6.04. The molecule has 7 heteroatoms. The minimum absolute atomic E-state index is 0.0189. The average Bonchev–Trinajstić information content (AvgIpc) is 2.77. The molecule has 0 unspecified atom stereocenters. The first-order chi connectivity index (χ1) is 8.90. The molecule has 1 aromatic carbocycles. The molecule has 0 aliphatic carbocycles. The van der Waals surface area contributed by atoms with Gasteiger partial charge in [-0.25, -0.2) is 0 Å². The lowest BCUT2D eigenvalue weighted by Gasteiger charge is -2.07. The van der Waals surface area contributed by atoms with Gasteiger partial charge in [0.2, 0.25) is 0 Å². The SMILES string of the molecule is CCc1ccc2[nH]nc(C(=O)NCC(F)(F)F)c2c1. The molecule has 0 aliphatic heterocycles. The Hall–Kier alpha value is -2.05. The topological polar surface area (TPSA) is 57.8 Å². The maximum atomic E-state index is 12.0. The molecule has 0 spiro atoms. The highest BCUT2D eigenvalue weighted by Gasteiger charge is 2.28. The van der Waals surface area contributed by atoms with Gasteiger partial charge in [0.05, 0.1) is 5.52 Å². The molecule has 0 saturated heterocycles. The van der Waals surface area contributed by atoms with Gasteiger partial charge in [0.15, 0.2) is 5.69 Å². The van der Waals surface area contributed by atoms with Gasteiger partial charge in [-0.1, -0.05) is 13.0 Å². The van der Waals surface area contributed by atoms with E-state index in [2.05, 4.69) is 10.2 Å². The largest absolute Gasteiger partial charge is 0.405 e. The van der Waals surface area contributed by atoms with E-state index in [1.165, 1.54) is 0 Å². The molecule has 2 rings (SSSR count). The van der Waals surface area contributed by atoms with Crippen LogP contribution in [-0.4, -0.2) is 28.8 Å². The molecule has 0 fully saturated rings. The number of nitrogens with zero attached hydrogens (tertiary/aromatic N) is 1. The van der Waals surface area contributed by atoms with Crippen molar-refractivity contribution in [2.45, 2.75) is 19.5 Å². The molecular formula is C12H12F3N3O. The minimum Gasteiger partial charge on any atom is -0.342 e. The summed E-state index contributed by atoms with van der Waals surface area (Å²) in [6.07, 6.45) is -3.67. The van der Waals surface area contributed by atoms with Crippen molar-refractivity contribution in [1.29, 1.82) is 0 Å². The van der Waals surface area contributed by atoms with Gasteiger partial charge in [-0.05, 0) is 24.1 Å². The average molecular weight is 271 g/mol. The van der Waals surface area contributed by atoms with Gasteiger partial charge in [-0.3, -0.25) is 9.89 Å². The number of aromatic amines is 1. The fourth-order valence-corrected chi connectivity index (χ4v) is 1.72. The Bertz CT molecular complexity index is 604. The van der Waals surface area contributed by atoms with Crippen molar-refractivity contribution >= 4 is 16.8 Å². The van der Waals surface area contributed by atoms with Crippen molar-refractivity contribution in [3.8, 4) is 0 Å². The number of carbonyl (C=O) groups excluding carboxylic acids is 1. The second-order valence-electron chi connectivity index (χ2n) is 4.10. The Kier molecular flexibility index (Phi) is 3.46. The van der Waals surface area contributed by atoms with E-state index in [0.717, 1.165) is 12.0 Å². The van der Waals surface area contributed by atoms with Crippen LogP contribution in [0.3, 0.4) is 0 Å². The number of amides is 1. The van der Waals surface area contributed by atoms with Crippen LogP contribution in [0.5, 0.6) is 0 Å². The molecule has 1 aromatic heterocycles. The van der Waals surface area contributed by atoms with Gasteiger partial charge in [0, 0.05) is 5.39 Å². The van der Waals surface area contributed by atoms with Crippen LogP contribution in [0.1, 0.15) is 23.0 Å². The summed E-state index contributed by atoms with van der Waals surface area (Å²) < 4.78 is 36.1. The van der Waals surface area contributed by atoms with Crippen LogP contribution in [0.25, 0.3) is 10.9 Å². The standard InChI is InChI=1S/C12H12F3N3O/c1-2-7-3-4-9-8(5-7)10(18-17-9)11(19)16-6-12(13,14)15/h3-5H,2,6H2,1H3,(H,16,19)(H,17,18). The van der Waals surface area contributed by atoms with Gasteiger partial charge >= 0.3 is 6.18 Å². The number of alkyl halides is 3. The molecule has 2 aromatic rings. The predicted molar refractivity (Wildman–Crippen MR) is 63.9 cm³/mol. The maximum absolute atomic E-state index is 12.0. The molecule has 0 aliphatic rings. The van der Waals surface area contributed by atoms with Crippen LogP contribution in [0.15, 0.2) is 18.2 Å². The zero-order valence-corrected chi connectivity index (χ0v) is 10.1. The molecule has 0 radical (unpaired) electrons. The van der Waals surface area contributed by atoms with Crippen LogP contribution >= 0.6 is 0 Å². The van der Waals surface area contributed by atoms with E-state index in [-0.39, 0.29) is 5.69 Å². The maximum Gasteiger partial charge on any atom is 0.405 e. The number of halogens is 3. The van der Waals surface area contributed by atoms with Crippen LogP contribution in [0.2, 0.25) is 0 Å². The Labute approximate surface area is 107 Å². The molecule has 1 heterocycles. The number of aryl methyl sites for hydroxylation is 1. The summed E-state index contributed by atoms with van der Waals surface area (Å²) in [7, 11) is 0. The van der Waals surface area contributed by atoms with Crippen LogP contribution in [0, 0.1) is 0 Å². The molecule has 1 amide bonds. The Morgan fingerprint density at radius 1 is 1.42 bits per heavy atom. The first kappa shape index (κ1) is 13.4. The zero-order valence-electron chi connectivity index (χ0n) is 10.1. The zero-order chi connectivity index (χ0) is 14.0. The second kappa shape index (κ2) is 4.91. The molecule has 102 valence electrons. The quantitative estimate of drug-likeness (QED) is 0.900. The number of aromatic nitrogens is 2. The predicted octanol–water partition coefficient (Wildman–Crippen LogP) is 2.42. The summed E-state index contributed by atoms with van der Waals surface area (Å²) in [6.45, 7) is 0.582. The lowest BCUT2D eigenvalue weighted by molar-refractivity contribution is -0.123.